The normalized spacial score (nSPS) is 20.1. The molecule has 1 unspecified atom stereocenters. The van der Waals surface area contributed by atoms with Crippen LogP contribution >= 0.6 is 0 Å². The quantitative estimate of drug-likeness (QED) is 0.725. The molecule has 1 aromatic rings. The summed E-state index contributed by atoms with van der Waals surface area (Å²) in [6.07, 6.45) is 2.15. The summed E-state index contributed by atoms with van der Waals surface area (Å²) in [5.74, 6) is -0.754. The molecule has 4 N–H and O–H groups in total. The molecule has 25 heavy (non-hydrogen) atoms. The summed E-state index contributed by atoms with van der Waals surface area (Å²) in [6.45, 7) is 2.81. The third-order valence-electron chi connectivity index (χ3n) is 4.82. The Kier molecular flexibility index (Phi) is 6.01. The Balaban J connectivity index is 1.87. The van der Waals surface area contributed by atoms with Crippen molar-refractivity contribution in [3.05, 3.63) is 24.3 Å². The number of phenols is 1. The summed E-state index contributed by atoms with van der Waals surface area (Å²) in [6, 6.07) is 6.23. The number of hydrogen-bond donors (Lipinski definition) is 3. The summed E-state index contributed by atoms with van der Waals surface area (Å²) < 4.78 is 0. The highest BCUT2D eigenvalue weighted by atomic mass is 16.3. The fourth-order valence-electron chi connectivity index (χ4n) is 3.19. The molecule has 0 spiro atoms. The maximum absolute atomic E-state index is 12.4. The summed E-state index contributed by atoms with van der Waals surface area (Å²) in [5.41, 5.74) is 5.36. The van der Waals surface area contributed by atoms with E-state index in [1.807, 2.05) is 6.92 Å². The van der Waals surface area contributed by atoms with Gasteiger partial charge in [0, 0.05) is 37.7 Å². The van der Waals surface area contributed by atoms with Crippen LogP contribution in [0, 0.1) is 5.41 Å². The molecule has 1 aliphatic rings. The zero-order valence-electron chi connectivity index (χ0n) is 14.5. The third kappa shape index (κ3) is 4.71. The van der Waals surface area contributed by atoms with E-state index in [0.29, 0.717) is 31.6 Å². The van der Waals surface area contributed by atoms with Gasteiger partial charge in [-0.2, -0.15) is 0 Å². The highest BCUT2D eigenvalue weighted by Crippen LogP contribution is 2.33. The number of nitrogens with two attached hydrogens (primary N) is 1. The second-order valence-electron chi connectivity index (χ2n) is 6.52. The van der Waals surface area contributed by atoms with Crippen molar-refractivity contribution in [1.82, 2.24) is 4.90 Å². The van der Waals surface area contributed by atoms with Crippen molar-refractivity contribution in [3.63, 3.8) is 0 Å². The molecule has 1 aliphatic heterocycles. The molecule has 1 heterocycles. The minimum atomic E-state index is -0.655. The number of aromatic hydroxyl groups is 1. The van der Waals surface area contributed by atoms with E-state index >= 15 is 0 Å². The van der Waals surface area contributed by atoms with Gasteiger partial charge in [0.2, 0.25) is 17.7 Å². The van der Waals surface area contributed by atoms with Crippen LogP contribution in [0.3, 0.4) is 0 Å². The molecule has 7 heteroatoms. The molecule has 3 amide bonds. The van der Waals surface area contributed by atoms with Crippen LogP contribution in [0.2, 0.25) is 0 Å². The van der Waals surface area contributed by atoms with Crippen LogP contribution < -0.4 is 11.1 Å². The molecule has 1 atom stereocenters. The molecular weight excluding hydrogens is 322 g/mol. The van der Waals surface area contributed by atoms with Crippen molar-refractivity contribution >= 4 is 23.4 Å². The number of phenolic OH excluding ortho intramolecular Hbond substituents is 1. The summed E-state index contributed by atoms with van der Waals surface area (Å²) in [4.78, 5) is 37.8. The lowest BCUT2D eigenvalue weighted by Crippen LogP contribution is -2.51. The van der Waals surface area contributed by atoms with Gasteiger partial charge in [0.15, 0.2) is 0 Å². The van der Waals surface area contributed by atoms with Crippen molar-refractivity contribution in [1.29, 1.82) is 0 Å². The number of piperidine rings is 1. The Morgan fingerprint density at radius 3 is 2.72 bits per heavy atom. The number of nitrogens with zero attached hydrogens (tertiary/aromatic N) is 1. The molecule has 136 valence electrons. The smallest absolute Gasteiger partial charge is 0.225 e. The maximum Gasteiger partial charge on any atom is 0.225 e. The van der Waals surface area contributed by atoms with Gasteiger partial charge in [0.05, 0.1) is 5.41 Å². The minimum Gasteiger partial charge on any atom is -0.508 e. The Morgan fingerprint density at radius 2 is 2.08 bits per heavy atom. The molecule has 0 saturated carbocycles. The van der Waals surface area contributed by atoms with Gasteiger partial charge in [-0.15, -0.1) is 0 Å². The highest BCUT2D eigenvalue weighted by Gasteiger charge is 2.40. The number of carbonyl (C=O) groups excluding carboxylic acids is 3. The number of anilines is 1. The first kappa shape index (κ1) is 18.8. The number of hydrogen-bond acceptors (Lipinski definition) is 4. The number of likely N-dealkylation sites (tertiary alicyclic amines) is 1. The zero-order chi connectivity index (χ0) is 18.4. The molecular formula is C18H25N3O4. The van der Waals surface area contributed by atoms with Crippen LogP contribution in [0.1, 0.15) is 39.0 Å². The van der Waals surface area contributed by atoms with Gasteiger partial charge in [-0.25, -0.2) is 0 Å². The van der Waals surface area contributed by atoms with Gasteiger partial charge >= 0.3 is 0 Å². The van der Waals surface area contributed by atoms with Crippen LogP contribution in [-0.4, -0.2) is 40.8 Å². The number of nitrogens with one attached hydrogen (secondary N) is 1. The largest absolute Gasteiger partial charge is 0.508 e. The molecule has 7 nitrogen and oxygen atoms in total. The minimum absolute atomic E-state index is 0.0423. The molecule has 0 aromatic heterocycles. The summed E-state index contributed by atoms with van der Waals surface area (Å²) in [5, 5.41) is 12.0. The average molecular weight is 347 g/mol. The molecule has 0 bridgehead atoms. The second kappa shape index (κ2) is 8.00. The standard InChI is InChI=1S/C18H25N3O4/c1-2-18(17(19)25)9-4-10-21(12-18)16(24)8-7-15(23)20-13-5-3-6-14(22)11-13/h3,5-6,11,22H,2,4,7-10,12H2,1H3,(H2,19,25)(H,20,23). The second-order valence-corrected chi connectivity index (χ2v) is 6.52. The molecule has 1 aromatic carbocycles. The molecule has 0 radical (unpaired) electrons. The molecule has 0 aliphatic carbocycles. The van der Waals surface area contributed by atoms with Gasteiger partial charge in [0.1, 0.15) is 5.75 Å². The van der Waals surface area contributed by atoms with Crippen molar-refractivity contribution in [2.75, 3.05) is 18.4 Å². The Morgan fingerprint density at radius 1 is 1.32 bits per heavy atom. The molecule has 2 rings (SSSR count). The van der Waals surface area contributed by atoms with Gasteiger partial charge in [-0.1, -0.05) is 13.0 Å². The van der Waals surface area contributed by atoms with Crippen molar-refractivity contribution in [2.45, 2.75) is 39.0 Å². The van der Waals surface area contributed by atoms with Crippen molar-refractivity contribution in [2.24, 2.45) is 11.1 Å². The van der Waals surface area contributed by atoms with Gasteiger partial charge < -0.3 is 21.1 Å². The van der Waals surface area contributed by atoms with Crippen LogP contribution in [0.4, 0.5) is 5.69 Å². The van der Waals surface area contributed by atoms with Crippen molar-refractivity contribution < 1.29 is 19.5 Å². The van der Waals surface area contributed by atoms with Gasteiger partial charge in [-0.05, 0) is 31.4 Å². The van der Waals surface area contributed by atoms with Crippen LogP contribution in [0.25, 0.3) is 0 Å². The third-order valence-corrected chi connectivity index (χ3v) is 4.82. The van der Waals surface area contributed by atoms with E-state index in [0.717, 1.165) is 6.42 Å². The van der Waals surface area contributed by atoms with Crippen molar-refractivity contribution in [3.8, 4) is 5.75 Å². The lowest BCUT2D eigenvalue weighted by atomic mass is 9.77. The number of rotatable bonds is 6. The lowest BCUT2D eigenvalue weighted by Gasteiger charge is -2.40. The van der Waals surface area contributed by atoms with E-state index in [4.69, 9.17) is 5.73 Å². The molecule has 1 fully saturated rings. The fraction of sp³-hybridized carbons (Fsp3) is 0.500. The van der Waals surface area contributed by atoms with Crippen LogP contribution in [0.15, 0.2) is 24.3 Å². The topological polar surface area (TPSA) is 113 Å². The predicted molar refractivity (Wildman–Crippen MR) is 93.7 cm³/mol. The van der Waals surface area contributed by atoms with E-state index in [2.05, 4.69) is 5.32 Å². The van der Waals surface area contributed by atoms with Gasteiger partial charge in [-0.3, -0.25) is 14.4 Å². The first-order valence-electron chi connectivity index (χ1n) is 8.53. The first-order chi connectivity index (χ1) is 11.9. The SMILES string of the molecule is CCC1(C(N)=O)CCCN(C(=O)CCC(=O)Nc2cccc(O)c2)C1. The fourth-order valence-corrected chi connectivity index (χ4v) is 3.19. The Labute approximate surface area is 147 Å². The Bertz CT molecular complexity index is 661. The van der Waals surface area contributed by atoms with Crippen LogP contribution in [-0.2, 0) is 14.4 Å². The van der Waals surface area contributed by atoms with E-state index in [1.54, 1.807) is 17.0 Å². The Hall–Kier alpha value is -2.57. The van der Waals surface area contributed by atoms with E-state index in [-0.39, 0.29) is 36.3 Å². The molecule has 1 saturated heterocycles. The summed E-state index contributed by atoms with van der Waals surface area (Å²) >= 11 is 0. The van der Waals surface area contributed by atoms with E-state index in [1.165, 1.54) is 12.1 Å². The van der Waals surface area contributed by atoms with E-state index in [9.17, 15) is 19.5 Å². The average Bonchev–Trinajstić information content (AvgIpc) is 2.59. The zero-order valence-corrected chi connectivity index (χ0v) is 14.5. The number of amides is 3. The van der Waals surface area contributed by atoms with Crippen LogP contribution in [0.5, 0.6) is 5.75 Å². The highest BCUT2D eigenvalue weighted by molar-refractivity contribution is 5.93. The maximum atomic E-state index is 12.4. The number of primary amides is 1. The monoisotopic (exact) mass is 347 g/mol. The van der Waals surface area contributed by atoms with E-state index < -0.39 is 5.41 Å². The summed E-state index contributed by atoms with van der Waals surface area (Å²) in [7, 11) is 0. The number of benzene rings is 1. The lowest BCUT2D eigenvalue weighted by molar-refractivity contribution is -0.141. The van der Waals surface area contributed by atoms with Gasteiger partial charge in [0.25, 0.3) is 0 Å². The predicted octanol–water partition coefficient (Wildman–Crippen LogP) is 1.61. The number of carbonyl (C=O) groups is 3. The first-order valence-corrected chi connectivity index (χ1v) is 8.53.